The molecule has 0 bridgehead atoms. The van der Waals surface area contributed by atoms with Crippen molar-refractivity contribution in [1.29, 1.82) is 0 Å². The maximum atomic E-state index is 5.78. The minimum atomic E-state index is 0.227. The number of halogens is 1. The summed E-state index contributed by atoms with van der Waals surface area (Å²) in [6.45, 7) is 2.19. The summed E-state index contributed by atoms with van der Waals surface area (Å²) < 4.78 is 0. The number of hydrogen-bond acceptors (Lipinski definition) is 5. The molecule has 0 spiro atoms. The lowest BCUT2D eigenvalue weighted by atomic mass is 10.1. The molecule has 0 aliphatic carbocycles. The fourth-order valence-electron chi connectivity index (χ4n) is 1.83. The molecular formula is C10H16ClN5. The van der Waals surface area contributed by atoms with Crippen LogP contribution in [0.4, 0.5) is 11.5 Å². The van der Waals surface area contributed by atoms with Crippen molar-refractivity contribution in [1.82, 2.24) is 14.9 Å². The van der Waals surface area contributed by atoms with E-state index in [1.807, 2.05) is 0 Å². The molecule has 0 aromatic carbocycles. The summed E-state index contributed by atoms with van der Waals surface area (Å²) >= 11 is 5.73. The van der Waals surface area contributed by atoms with Crippen LogP contribution in [-0.4, -0.2) is 41.0 Å². The van der Waals surface area contributed by atoms with Crippen LogP contribution in [0.5, 0.6) is 0 Å². The predicted octanol–water partition coefficient (Wildman–Crippen LogP) is 1.22. The van der Waals surface area contributed by atoms with Gasteiger partial charge >= 0.3 is 0 Å². The van der Waals surface area contributed by atoms with E-state index in [2.05, 4.69) is 27.2 Å². The molecule has 0 saturated carbocycles. The van der Waals surface area contributed by atoms with Gasteiger partial charge in [0.2, 0.25) is 5.28 Å². The number of likely N-dealkylation sites (tertiary alicyclic amines) is 1. The van der Waals surface area contributed by atoms with Crippen LogP contribution in [0.25, 0.3) is 0 Å². The van der Waals surface area contributed by atoms with Gasteiger partial charge in [0.1, 0.15) is 0 Å². The Morgan fingerprint density at radius 1 is 1.50 bits per heavy atom. The molecule has 0 amide bonds. The average molecular weight is 242 g/mol. The zero-order valence-electron chi connectivity index (χ0n) is 9.28. The van der Waals surface area contributed by atoms with Crippen molar-refractivity contribution < 1.29 is 0 Å². The lowest BCUT2D eigenvalue weighted by Gasteiger charge is -2.30. The van der Waals surface area contributed by atoms with E-state index in [1.54, 1.807) is 0 Å². The van der Waals surface area contributed by atoms with Crippen molar-refractivity contribution in [3.8, 4) is 0 Å². The second-order valence-electron chi connectivity index (χ2n) is 4.16. The molecule has 1 fully saturated rings. The third kappa shape index (κ3) is 2.74. The van der Waals surface area contributed by atoms with Gasteiger partial charge in [-0.3, -0.25) is 0 Å². The highest BCUT2D eigenvalue weighted by molar-refractivity contribution is 6.28. The quantitative estimate of drug-likeness (QED) is 0.762. The highest BCUT2D eigenvalue weighted by atomic mass is 35.5. The molecule has 16 heavy (non-hydrogen) atoms. The molecule has 1 saturated heterocycles. The van der Waals surface area contributed by atoms with Gasteiger partial charge in [0.15, 0.2) is 5.82 Å². The minimum Gasteiger partial charge on any atom is -0.394 e. The second-order valence-corrected chi connectivity index (χ2v) is 4.50. The highest BCUT2D eigenvalue weighted by Gasteiger charge is 2.17. The van der Waals surface area contributed by atoms with Crippen molar-refractivity contribution in [2.45, 2.75) is 18.9 Å². The van der Waals surface area contributed by atoms with Gasteiger partial charge < -0.3 is 16.0 Å². The van der Waals surface area contributed by atoms with Crippen molar-refractivity contribution >= 4 is 23.1 Å². The van der Waals surface area contributed by atoms with E-state index in [0.29, 0.717) is 17.5 Å². The Morgan fingerprint density at radius 3 is 2.88 bits per heavy atom. The Bertz CT molecular complexity index is 362. The molecule has 1 aliphatic rings. The van der Waals surface area contributed by atoms with Gasteiger partial charge in [0, 0.05) is 6.04 Å². The summed E-state index contributed by atoms with van der Waals surface area (Å²) in [6, 6.07) is 0.421. The van der Waals surface area contributed by atoms with E-state index in [9.17, 15) is 0 Å². The summed E-state index contributed by atoms with van der Waals surface area (Å²) in [6.07, 6.45) is 3.72. The number of aromatic nitrogens is 2. The number of rotatable bonds is 2. The van der Waals surface area contributed by atoms with Crippen LogP contribution >= 0.6 is 11.6 Å². The number of nitrogens with two attached hydrogens (primary N) is 1. The fraction of sp³-hybridized carbons (Fsp3) is 0.600. The van der Waals surface area contributed by atoms with Gasteiger partial charge in [-0.2, -0.15) is 4.98 Å². The maximum Gasteiger partial charge on any atom is 0.224 e. The zero-order valence-corrected chi connectivity index (χ0v) is 10.0. The van der Waals surface area contributed by atoms with E-state index in [4.69, 9.17) is 17.3 Å². The van der Waals surface area contributed by atoms with Gasteiger partial charge in [0.05, 0.1) is 11.9 Å². The smallest absolute Gasteiger partial charge is 0.224 e. The summed E-state index contributed by atoms with van der Waals surface area (Å²) in [5, 5.41) is 3.55. The first-order chi connectivity index (χ1) is 7.65. The largest absolute Gasteiger partial charge is 0.394 e. The fourth-order valence-corrected chi connectivity index (χ4v) is 1.96. The first kappa shape index (κ1) is 11.4. The molecule has 0 atom stereocenters. The van der Waals surface area contributed by atoms with Crippen LogP contribution in [0, 0.1) is 0 Å². The molecule has 1 aromatic heterocycles. The maximum absolute atomic E-state index is 5.78. The Labute approximate surface area is 100 Å². The Hall–Kier alpha value is -1.07. The van der Waals surface area contributed by atoms with Gasteiger partial charge in [-0.05, 0) is 44.6 Å². The third-order valence-corrected chi connectivity index (χ3v) is 3.03. The molecule has 3 N–H and O–H groups in total. The second kappa shape index (κ2) is 4.84. The van der Waals surface area contributed by atoms with E-state index in [0.717, 1.165) is 25.9 Å². The first-order valence-electron chi connectivity index (χ1n) is 5.38. The number of anilines is 2. The van der Waals surface area contributed by atoms with Gasteiger partial charge in [-0.25, -0.2) is 4.98 Å². The predicted molar refractivity (Wildman–Crippen MR) is 65.6 cm³/mol. The highest BCUT2D eigenvalue weighted by Crippen LogP contribution is 2.20. The molecule has 1 aromatic rings. The molecule has 6 heteroatoms. The van der Waals surface area contributed by atoms with Crippen LogP contribution in [-0.2, 0) is 0 Å². The van der Waals surface area contributed by atoms with E-state index < -0.39 is 0 Å². The van der Waals surface area contributed by atoms with Crippen LogP contribution < -0.4 is 11.1 Å². The van der Waals surface area contributed by atoms with Gasteiger partial charge in [-0.15, -0.1) is 0 Å². The Kier molecular flexibility index (Phi) is 3.46. The molecule has 0 unspecified atom stereocenters. The lowest BCUT2D eigenvalue weighted by molar-refractivity contribution is 0.263. The van der Waals surface area contributed by atoms with Crippen molar-refractivity contribution in [2.24, 2.45) is 0 Å². The van der Waals surface area contributed by atoms with Crippen molar-refractivity contribution in [2.75, 3.05) is 31.2 Å². The van der Waals surface area contributed by atoms with Crippen molar-refractivity contribution in [3.63, 3.8) is 0 Å². The summed E-state index contributed by atoms with van der Waals surface area (Å²) in [4.78, 5) is 10.2. The van der Waals surface area contributed by atoms with Gasteiger partial charge in [0.25, 0.3) is 0 Å². The molecule has 2 rings (SSSR count). The number of nitrogens with zero attached hydrogens (tertiary/aromatic N) is 3. The van der Waals surface area contributed by atoms with Gasteiger partial charge in [-0.1, -0.05) is 0 Å². The number of piperidine rings is 1. The van der Waals surface area contributed by atoms with Crippen LogP contribution in [0.15, 0.2) is 6.20 Å². The average Bonchev–Trinajstić information content (AvgIpc) is 2.27. The summed E-state index contributed by atoms with van der Waals surface area (Å²) in [5.74, 6) is 0.648. The normalized spacial score (nSPS) is 18.6. The summed E-state index contributed by atoms with van der Waals surface area (Å²) in [7, 11) is 2.13. The van der Waals surface area contributed by atoms with E-state index >= 15 is 0 Å². The Balaban J connectivity index is 2.00. The molecule has 0 radical (unpaired) electrons. The molecular weight excluding hydrogens is 226 g/mol. The minimum absolute atomic E-state index is 0.227. The third-order valence-electron chi connectivity index (χ3n) is 2.85. The molecule has 2 heterocycles. The van der Waals surface area contributed by atoms with E-state index in [-0.39, 0.29) is 5.28 Å². The first-order valence-corrected chi connectivity index (χ1v) is 5.76. The monoisotopic (exact) mass is 241 g/mol. The van der Waals surface area contributed by atoms with Crippen LogP contribution in [0.1, 0.15) is 12.8 Å². The van der Waals surface area contributed by atoms with Crippen LogP contribution in [0.2, 0.25) is 5.28 Å². The number of hydrogen-bond donors (Lipinski definition) is 2. The topological polar surface area (TPSA) is 67.1 Å². The SMILES string of the molecule is CN1CCC(Nc2nc(Cl)ncc2N)CC1. The van der Waals surface area contributed by atoms with Crippen LogP contribution in [0.3, 0.4) is 0 Å². The summed E-state index contributed by atoms with van der Waals surface area (Å²) in [5.41, 5.74) is 6.32. The van der Waals surface area contributed by atoms with Crippen molar-refractivity contribution in [3.05, 3.63) is 11.5 Å². The molecule has 1 aliphatic heterocycles. The molecule has 88 valence electrons. The Morgan fingerprint density at radius 2 is 2.19 bits per heavy atom. The standard InChI is InChI=1S/C10H16ClN5/c1-16-4-2-7(3-5-16)14-9-8(12)6-13-10(11)15-9/h6-7H,2-5,12H2,1H3,(H,13,14,15). The zero-order chi connectivity index (χ0) is 11.5. The lowest BCUT2D eigenvalue weighted by Crippen LogP contribution is -2.37. The molecule has 5 nitrogen and oxygen atoms in total. The van der Waals surface area contributed by atoms with E-state index in [1.165, 1.54) is 6.20 Å². The number of nitrogens with one attached hydrogen (secondary N) is 1. The number of nitrogen functional groups attached to an aromatic ring is 1.